The fourth-order valence-corrected chi connectivity index (χ4v) is 7.46. The van der Waals surface area contributed by atoms with Crippen LogP contribution < -0.4 is 10.6 Å². The van der Waals surface area contributed by atoms with Crippen LogP contribution in [0.25, 0.3) is 10.8 Å². The third kappa shape index (κ3) is 3.03. The number of hydrogen-bond donors (Lipinski definition) is 0. The van der Waals surface area contributed by atoms with Crippen molar-refractivity contribution < 1.29 is 4.79 Å². The number of hydrogen-bond acceptors (Lipinski definition) is 2. The highest BCUT2D eigenvalue weighted by atomic mass is 32.4. The van der Waals surface area contributed by atoms with Gasteiger partial charge in [-0.05, 0) is 46.4 Å². The first-order valence-electron chi connectivity index (χ1n) is 9.28. The topological polar surface area (TPSA) is 17.1 Å². The molecule has 4 rings (SSSR count). The van der Waals surface area contributed by atoms with E-state index in [2.05, 4.69) is 18.2 Å². The van der Waals surface area contributed by atoms with Gasteiger partial charge in [-0.15, -0.1) is 0 Å². The standard InChI is InChI=1S/C25H21OPS/c1-18-17-20-11-9-10-16-23(20)19(2)24(18)25(26)27(28,21-12-5-3-6-13-21)22-14-7-4-8-15-22/h3-17H,1-2H3. The minimum Gasteiger partial charge on any atom is -0.287 e. The average molecular weight is 400 g/mol. The van der Waals surface area contributed by atoms with Crippen molar-refractivity contribution >= 4 is 44.8 Å². The first-order valence-corrected chi connectivity index (χ1v) is 12.1. The summed E-state index contributed by atoms with van der Waals surface area (Å²) in [6, 6.07) is 27.4. The van der Waals surface area contributed by atoms with E-state index >= 15 is 0 Å². The SMILES string of the molecule is Cc1cc2ccccc2c(C)c1C(=O)P(=S)(c1ccccc1)c1ccccc1. The molecule has 0 fully saturated rings. The fraction of sp³-hybridized carbons (Fsp3) is 0.0800. The van der Waals surface area contributed by atoms with Crippen molar-refractivity contribution in [3.63, 3.8) is 0 Å². The number of fused-ring (bicyclic) bond motifs is 1. The van der Waals surface area contributed by atoms with Gasteiger partial charge in [0.25, 0.3) is 0 Å². The number of carbonyl (C=O) groups is 1. The number of aryl methyl sites for hydroxylation is 2. The maximum Gasteiger partial charge on any atom is 0.202 e. The third-order valence-corrected chi connectivity index (χ3v) is 9.85. The Bertz CT molecular complexity index is 1170. The highest BCUT2D eigenvalue weighted by Crippen LogP contribution is 2.48. The second-order valence-corrected chi connectivity index (χ2v) is 11.3. The second kappa shape index (κ2) is 7.47. The molecule has 4 aromatic rings. The lowest BCUT2D eigenvalue weighted by Crippen LogP contribution is -2.23. The Morgan fingerprint density at radius 3 is 1.82 bits per heavy atom. The first-order chi connectivity index (χ1) is 13.5. The Labute approximate surface area is 171 Å². The quantitative estimate of drug-likeness (QED) is 0.407. The zero-order valence-electron chi connectivity index (χ0n) is 15.9. The van der Waals surface area contributed by atoms with Gasteiger partial charge >= 0.3 is 0 Å². The summed E-state index contributed by atoms with van der Waals surface area (Å²) in [5, 5.41) is 4.14. The molecule has 0 aromatic heterocycles. The normalized spacial score (nSPS) is 11.5. The third-order valence-electron chi connectivity index (χ3n) is 5.25. The lowest BCUT2D eigenvalue weighted by molar-refractivity contribution is 0.108. The van der Waals surface area contributed by atoms with Crippen molar-refractivity contribution in [1.82, 2.24) is 0 Å². The molecule has 0 saturated heterocycles. The zero-order valence-corrected chi connectivity index (χ0v) is 17.6. The smallest absolute Gasteiger partial charge is 0.202 e. The van der Waals surface area contributed by atoms with Gasteiger partial charge in [-0.2, -0.15) is 0 Å². The summed E-state index contributed by atoms with van der Waals surface area (Å²) >= 11 is 6.24. The van der Waals surface area contributed by atoms with Gasteiger partial charge in [0.15, 0.2) is 0 Å². The monoisotopic (exact) mass is 400 g/mol. The molecule has 0 saturated carbocycles. The molecule has 28 heavy (non-hydrogen) atoms. The predicted octanol–water partition coefficient (Wildman–Crippen LogP) is 5.73. The van der Waals surface area contributed by atoms with Crippen LogP contribution in [0.4, 0.5) is 0 Å². The van der Waals surface area contributed by atoms with Crippen LogP contribution in [0.1, 0.15) is 21.5 Å². The van der Waals surface area contributed by atoms with E-state index in [1.807, 2.05) is 86.6 Å². The molecule has 0 radical (unpaired) electrons. The number of carbonyl (C=O) groups excluding carboxylic acids is 1. The summed E-state index contributed by atoms with van der Waals surface area (Å²) in [4.78, 5) is 14.1. The van der Waals surface area contributed by atoms with Crippen LogP contribution in [-0.4, -0.2) is 5.52 Å². The number of benzene rings is 4. The molecule has 0 aliphatic rings. The lowest BCUT2D eigenvalue weighted by Gasteiger charge is -2.24. The molecule has 4 aromatic carbocycles. The van der Waals surface area contributed by atoms with E-state index in [4.69, 9.17) is 11.8 Å². The van der Waals surface area contributed by atoms with Gasteiger partial charge in [0.1, 0.15) is 0 Å². The van der Waals surface area contributed by atoms with Gasteiger partial charge in [0.2, 0.25) is 5.52 Å². The van der Waals surface area contributed by atoms with Crippen molar-refractivity contribution in [2.75, 3.05) is 0 Å². The summed E-state index contributed by atoms with van der Waals surface area (Å²) in [7, 11) is 0. The molecule has 0 N–H and O–H groups in total. The first kappa shape index (κ1) is 18.8. The summed E-state index contributed by atoms with van der Waals surface area (Å²) < 4.78 is 0. The van der Waals surface area contributed by atoms with Crippen LogP contribution >= 0.6 is 6.04 Å². The summed E-state index contributed by atoms with van der Waals surface area (Å²) in [6.07, 6.45) is 0. The van der Waals surface area contributed by atoms with Crippen LogP contribution in [-0.2, 0) is 11.8 Å². The van der Waals surface area contributed by atoms with Crippen LogP contribution in [0.3, 0.4) is 0 Å². The molecular weight excluding hydrogens is 379 g/mol. The molecule has 1 nitrogen and oxygen atoms in total. The van der Waals surface area contributed by atoms with Gasteiger partial charge in [-0.3, -0.25) is 4.79 Å². The van der Waals surface area contributed by atoms with E-state index in [1.54, 1.807) is 0 Å². The van der Waals surface area contributed by atoms with Crippen LogP contribution in [0.5, 0.6) is 0 Å². The largest absolute Gasteiger partial charge is 0.287 e. The average Bonchev–Trinajstić information content (AvgIpc) is 2.74. The van der Waals surface area contributed by atoms with Crippen LogP contribution in [0.2, 0.25) is 0 Å². The van der Waals surface area contributed by atoms with E-state index < -0.39 is 6.04 Å². The molecule has 3 heteroatoms. The van der Waals surface area contributed by atoms with E-state index in [0.29, 0.717) is 0 Å². The highest BCUT2D eigenvalue weighted by Gasteiger charge is 2.33. The summed E-state index contributed by atoms with van der Waals surface area (Å²) in [5.41, 5.74) is 2.85. The molecule has 0 spiro atoms. The van der Waals surface area contributed by atoms with Crippen molar-refractivity contribution in [3.05, 3.63) is 108 Å². The van der Waals surface area contributed by atoms with Gasteiger partial charge in [-0.25, -0.2) is 0 Å². The van der Waals surface area contributed by atoms with Crippen molar-refractivity contribution in [1.29, 1.82) is 0 Å². The molecule has 0 amide bonds. The molecule has 0 bridgehead atoms. The molecule has 0 heterocycles. The predicted molar refractivity (Wildman–Crippen MR) is 124 cm³/mol. The van der Waals surface area contributed by atoms with Gasteiger partial charge < -0.3 is 0 Å². The Hall–Kier alpha value is -2.54. The van der Waals surface area contributed by atoms with E-state index in [-0.39, 0.29) is 5.52 Å². The summed E-state index contributed by atoms with van der Waals surface area (Å²) in [6.45, 7) is 4.06. The van der Waals surface area contributed by atoms with Crippen LogP contribution in [0.15, 0.2) is 91.0 Å². The summed E-state index contributed by atoms with van der Waals surface area (Å²) in [5.74, 6) is 0. The van der Waals surface area contributed by atoms with E-state index in [9.17, 15) is 4.79 Å². The van der Waals surface area contributed by atoms with Gasteiger partial charge in [0, 0.05) is 5.56 Å². The highest BCUT2D eigenvalue weighted by molar-refractivity contribution is 8.30. The van der Waals surface area contributed by atoms with Gasteiger partial charge in [0.05, 0.1) is 6.04 Å². The Morgan fingerprint density at radius 2 is 1.25 bits per heavy atom. The minimum atomic E-state index is -2.67. The molecular formula is C25H21OPS. The maximum absolute atomic E-state index is 14.1. The Balaban J connectivity index is 2.01. The molecule has 0 unspecified atom stereocenters. The Kier molecular flexibility index (Phi) is 5.02. The fourth-order valence-electron chi connectivity index (χ4n) is 3.85. The number of rotatable bonds is 4. The molecule has 138 valence electrons. The lowest BCUT2D eigenvalue weighted by atomic mass is 9.96. The molecule has 0 aliphatic carbocycles. The van der Waals surface area contributed by atoms with E-state index in [1.165, 1.54) is 0 Å². The second-order valence-electron chi connectivity index (χ2n) is 7.00. The van der Waals surface area contributed by atoms with Crippen molar-refractivity contribution in [2.45, 2.75) is 13.8 Å². The Morgan fingerprint density at radius 1 is 0.750 bits per heavy atom. The van der Waals surface area contributed by atoms with Crippen LogP contribution in [0, 0.1) is 13.8 Å². The van der Waals surface area contributed by atoms with E-state index in [0.717, 1.165) is 38.1 Å². The molecule has 0 atom stereocenters. The maximum atomic E-state index is 14.1. The van der Waals surface area contributed by atoms with Crippen molar-refractivity contribution in [2.24, 2.45) is 0 Å². The minimum absolute atomic E-state index is 0.0700. The van der Waals surface area contributed by atoms with Crippen molar-refractivity contribution in [3.8, 4) is 0 Å². The zero-order chi connectivity index (χ0) is 19.7. The molecule has 0 aliphatic heterocycles. The van der Waals surface area contributed by atoms with Gasteiger partial charge in [-0.1, -0.05) is 103 Å².